The van der Waals surface area contributed by atoms with Crippen LogP contribution in [-0.2, 0) is 11.2 Å². The summed E-state index contributed by atoms with van der Waals surface area (Å²) in [5, 5.41) is 20.9. The molecular weight excluding hydrogens is 388 g/mol. The van der Waals surface area contributed by atoms with Crippen LogP contribution in [0.25, 0.3) is 11.3 Å². The van der Waals surface area contributed by atoms with E-state index in [1.807, 2.05) is 26.0 Å². The number of methoxy groups -OCH3 is 2. The second kappa shape index (κ2) is 6.47. The molecule has 3 aliphatic heterocycles. The average Bonchev–Trinajstić information content (AvgIpc) is 2.72. The molecule has 3 heterocycles. The van der Waals surface area contributed by atoms with Crippen molar-refractivity contribution in [2.24, 2.45) is 0 Å². The molecular formula is C23H24O7. The summed E-state index contributed by atoms with van der Waals surface area (Å²) in [5.41, 5.74) is 2.42. The third kappa shape index (κ3) is 2.61. The van der Waals surface area contributed by atoms with Crippen LogP contribution in [0.2, 0.25) is 0 Å². The van der Waals surface area contributed by atoms with Gasteiger partial charge in [0, 0.05) is 29.2 Å². The van der Waals surface area contributed by atoms with E-state index in [0.717, 1.165) is 16.7 Å². The van der Waals surface area contributed by atoms with E-state index >= 15 is 0 Å². The van der Waals surface area contributed by atoms with Crippen LogP contribution >= 0.6 is 0 Å². The van der Waals surface area contributed by atoms with Gasteiger partial charge in [-0.1, -0.05) is 0 Å². The Hall–Kier alpha value is -3.06. The molecule has 0 bridgehead atoms. The fraction of sp³-hybridized carbons (Fsp3) is 0.391. The zero-order valence-corrected chi connectivity index (χ0v) is 17.3. The Balaban J connectivity index is 1.70. The van der Waals surface area contributed by atoms with Crippen LogP contribution in [0.5, 0.6) is 28.7 Å². The van der Waals surface area contributed by atoms with Gasteiger partial charge in [0.05, 0.1) is 25.9 Å². The van der Waals surface area contributed by atoms with Gasteiger partial charge in [0.2, 0.25) is 0 Å². The van der Waals surface area contributed by atoms with E-state index in [1.165, 1.54) is 7.11 Å². The molecule has 0 saturated heterocycles. The number of hydrogen-bond acceptors (Lipinski definition) is 7. The number of aliphatic hydroxyl groups is 1. The van der Waals surface area contributed by atoms with Crippen LogP contribution in [0.4, 0.5) is 0 Å². The van der Waals surface area contributed by atoms with Gasteiger partial charge in [-0.15, -0.1) is 0 Å². The molecule has 2 unspecified atom stereocenters. The van der Waals surface area contributed by atoms with Crippen molar-refractivity contribution in [1.82, 2.24) is 0 Å². The Bertz CT molecular complexity index is 1070. The van der Waals surface area contributed by atoms with Crippen molar-refractivity contribution < 1.29 is 33.9 Å². The van der Waals surface area contributed by atoms with E-state index in [4.69, 9.17) is 23.7 Å². The molecule has 0 radical (unpaired) electrons. The topological polar surface area (TPSA) is 86.6 Å². The number of hydrogen-bond donors (Lipinski definition) is 2. The third-order valence-electron chi connectivity index (χ3n) is 6.03. The molecule has 0 aromatic heterocycles. The standard InChI is InChI=1S/C23H24O7/c1-23(2)19(25)8-13-15(30-23)6-5-11-21(13)29-18-10-28-16-9-17(26-3)14(24)7-12(16)20(18)22(11)27-4/h5-7,9,18-19,24-25H,8,10H2,1-4H3. The summed E-state index contributed by atoms with van der Waals surface area (Å²) in [6.07, 6.45) is -0.671. The lowest BCUT2D eigenvalue weighted by atomic mass is 9.86. The summed E-state index contributed by atoms with van der Waals surface area (Å²) in [6, 6.07) is 7.06. The lowest BCUT2D eigenvalue weighted by Gasteiger charge is -2.40. The molecule has 5 rings (SSSR count). The summed E-state index contributed by atoms with van der Waals surface area (Å²) >= 11 is 0. The average molecular weight is 412 g/mol. The normalized spacial score (nSPS) is 23.0. The molecule has 2 atom stereocenters. The van der Waals surface area contributed by atoms with Crippen molar-refractivity contribution in [2.75, 3.05) is 20.8 Å². The number of aromatic hydroxyl groups is 1. The second-order valence-corrected chi connectivity index (χ2v) is 8.23. The minimum atomic E-state index is -0.676. The highest BCUT2D eigenvalue weighted by Gasteiger charge is 2.42. The van der Waals surface area contributed by atoms with Crippen LogP contribution in [-0.4, -0.2) is 48.8 Å². The maximum absolute atomic E-state index is 10.6. The fourth-order valence-electron chi connectivity index (χ4n) is 4.34. The van der Waals surface area contributed by atoms with Crippen molar-refractivity contribution >= 4 is 11.3 Å². The van der Waals surface area contributed by atoms with Gasteiger partial charge in [-0.25, -0.2) is 0 Å². The number of aliphatic hydroxyl groups excluding tert-OH is 1. The van der Waals surface area contributed by atoms with E-state index in [-0.39, 0.29) is 12.4 Å². The van der Waals surface area contributed by atoms with Gasteiger partial charge < -0.3 is 33.9 Å². The van der Waals surface area contributed by atoms with Crippen LogP contribution in [0.3, 0.4) is 0 Å². The highest BCUT2D eigenvalue weighted by Crippen LogP contribution is 2.51. The molecule has 0 fully saturated rings. The molecule has 30 heavy (non-hydrogen) atoms. The molecule has 0 spiro atoms. The van der Waals surface area contributed by atoms with Crippen molar-refractivity contribution in [1.29, 1.82) is 0 Å². The summed E-state index contributed by atoms with van der Waals surface area (Å²) in [5.74, 6) is 2.93. The van der Waals surface area contributed by atoms with E-state index in [0.29, 0.717) is 40.7 Å². The lowest BCUT2D eigenvalue weighted by molar-refractivity contribution is -0.0421. The van der Waals surface area contributed by atoms with Crippen molar-refractivity contribution in [2.45, 2.75) is 38.1 Å². The monoisotopic (exact) mass is 412 g/mol. The number of fused-ring (bicyclic) bond motifs is 6. The van der Waals surface area contributed by atoms with E-state index in [2.05, 4.69) is 0 Å². The van der Waals surface area contributed by atoms with Gasteiger partial charge in [0.25, 0.3) is 0 Å². The summed E-state index contributed by atoms with van der Waals surface area (Å²) in [6.45, 7) is 4.01. The predicted octanol–water partition coefficient (Wildman–Crippen LogP) is 3.14. The first-order valence-electron chi connectivity index (χ1n) is 9.86. The maximum atomic E-state index is 10.6. The Morgan fingerprint density at radius 2 is 1.87 bits per heavy atom. The number of rotatable bonds is 2. The van der Waals surface area contributed by atoms with Crippen molar-refractivity contribution in [3.05, 3.63) is 41.0 Å². The van der Waals surface area contributed by atoms with Crippen molar-refractivity contribution in [3.63, 3.8) is 0 Å². The molecule has 2 N–H and O–H groups in total. The SMILES string of the molecule is COC1=C2c3cc(O)c(OC)cc3OCC2Oc2c1ccc1c2CC(O)C(C)(C)O1. The fourth-order valence-corrected chi connectivity index (χ4v) is 4.34. The highest BCUT2D eigenvalue weighted by atomic mass is 16.5. The number of ether oxygens (including phenoxy) is 5. The summed E-state index contributed by atoms with van der Waals surface area (Å²) < 4.78 is 29.3. The number of phenols is 1. The molecule has 0 amide bonds. The van der Waals surface area contributed by atoms with Crippen LogP contribution in [0, 0.1) is 0 Å². The molecule has 7 heteroatoms. The van der Waals surface area contributed by atoms with Gasteiger partial charge in [0.15, 0.2) is 17.6 Å². The largest absolute Gasteiger partial charge is 0.504 e. The first-order valence-corrected chi connectivity index (χ1v) is 9.86. The molecule has 2 aromatic rings. The first kappa shape index (κ1) is 18.9. The molecule has 2 aromatic carbocycles. The Kier molecular flexibility index (Phi) is 4.08. The number of benzene rings is 2. The Morgan fingerprint density at radius 1 is 1.07 bits per heavy atom. The van der Waals surface area contributed by atoms with Crippen LogP contribution in [0.15, 0.2) is 24.3 Å². The summed E-state index contributed by atoms with van der Waals surface area (Å²) in [7, 11) is 3.11. The van der Waals surface area contributed by atoms with Gasteiger partial charge in [-0.05, 0) is 32.0 Å². The van der Waals surface area contributed by atoms with Gasteiger partial charge in [-0.2, -0.15) is 0 Å². The second-order valence-electron chi connectivity index (χ2n) is 8.23. The zero-order chi connectivity index (χ0) is 21.2. The smallest absolute Gasteiger partial charge is 0.164 e. The summed E-state index contributed by atoms with van der Waals surface area (Å²) in [4.78, 5) is 0. The van der Waals surface area contributed by atoms with E-state index in [9.17, 15) is 10.2 Å². The molecule has 0 saturated carbocycles. The van der Waals surface area contributed by atoms with Crippen LogP contribution in [0.1, 0.15) is 30.5 Å². The predicted molar refractivity (Wildman–Crippen MR) is 109 cm³/mol. The molecule has 158 valence electrons. The van der Waals surface area contributed by atoms with E-state index < -0.39 is 17.8 Å². The van der Waals surface area contributed by atoms with Gasteiger partial charge >= 0.3 is 0 Å². The molecule has 0 aliphatic carbocycles. The van der Waals surface area contributed by atoms with Gasteiger partial charge in [-0.3, -0.25) is 0 Å². The number of phenolic OH excluding ortho intramolecular Hbond substituents is 1. The quantitative estimate of drug-likeness (QED) is 0.784. The third-order valence-corrected chi connectivity index (χ3v) is 6.03. The zero-order valence-electron chi connectivity index (χ0n) is 17.3. The van der Waals surface area contributed by atoms with E-state index in [1.54, 1.807) is 19.2 Å². The Labute approximate surface area is 174 Å². The Morgan fingerprint density at radius 3 is 2.60 bits per heavy atom. The first-order chi connectivity index (χ1) is 14.3. The molecule has 3 aliphatic rings. The van der Waals surface area contributed by atoms with Crippen molar-refractivity contribution in [3.8, 4) is 28.7 Å². The van der Waals surface area contributed by atoms with Gasteiger partial charge in [0.1, 0.15) is 35.2 Å². The minimum Gasteiger partial charge on any atom is -0.504 e. The maximum Gasteiger partial charge on any atom is 0.164 e. The minimum absolute atomic E-state index is 0.0124. The lowest BCUT2D eigenvalue weighted by Crippen LogP contribution is -2.46. The van der Waals surface area contributed by atoms with Crippen LogP contribution < -0.4 is 18.9 Å². The molecule has 7 nitrogen and oxygen atoms in total. The highest BCUT2D eigenvalue weighted by molar-refractivity contribution is 5.96.